The van der Waals surface area contributed by atoms with Gasteiger partial charge in [0.15, 0.2) is 0 Å². The fourth-order valence-corrected chi connectivity index (χ4v) is 3.29. The summed E-state index contributed by atoms with van der Waals surface area (Å²) in [6, 6.07) is 15.2. The first-order valence-corrected chi connectivity index (χ1v) is 8.91. The van der Waals surface area contributed by atoms with Gasteiger partial charge in [-0.3, -0.25) is 4.79 Å². The minimum absolute atomic E-state index is 0.0838. The summed E-state index contributed by atoms with van der Waals surface area (Å²) in [7, 11) is 3.91. The molecule has 5 heteroatoms. The molecule has 0 aromatic heterocycles. The van der Waals surface area contributed by atoms with Gasteiger partial charge in [-0.25, -0.2) is 0 Å². The van der Waals surface area contributed by atoms with E-state index in [0.29, 0.717) is 23.9 Å². The fraction of sp³-hybridized carbons (Fsp3) is 0.350. The van der Waals surface area contributed by atoms with Crippen LogP contribution < -0.4 is 9.64 Å². The van der Waals surface area contributed by atoms with Crippen LogP contribution in [0.4, 0.5) is 5.69 Å². The first-order valence-electron chi connectivity index (χ1n) is 8.53. The van der Waals surface area contributed by atoms with Crippen LogP contribution in [0.15, 0.2) is 48.5 Å². The molecule has 1 aliphatic heterocycles. The van der Waals surface area contributed by atoms with Crippen molar-refractivity contribution < 1.29 is 9.53 Å². The number of hydrogen-bond acceptors (Lipinski definition) is 3. The van der Waals surface area contributed by atoms with E-state index in [2.05, 4.69) is 0 Å². The molecule has 0 bridgehead atoms. The molecule has 25 heavy (non-hydrogen) atoms. The predicted octanol–water partition coefficient (Wildman–Crippen LogP) is 4.09. The van der Waals surface area contributed by atoms with Crippen LogP contribution in [0.1, 0.15) is 23.2 Å². The lowest BCUT2D eigenvalue weighted by Gasteiger charge is -2.33. The highest BCUT2D eigenvalue weighted by Gasteiger charge is 2.26. The van der Waals surface area contributed by atoms with Crippen LogP contribution in [0.25, 0.3) is 0 Å². The average Bonchev–Trinajstić information content (AvgIpc) is 2.63. The second-order valence-corrected chi connectivity index (χ2v) is 6.86. The summed E-state index contributed by atoms with van der Waals surface area (Å²) >= 11 is 6.16. The van der Waals surface area contributed by atoms with Gasteiger partial charge in [-0.1, -0.05) is 35.9 Å². The number of para-hydroxylation sites is 2. The Morgan fingerprint density at radius 1 is 1.08 bits per heavy atom. The highest BCUT2D eigenvalue weighted by molar-refractivity contribution is 6.32. The molecule has 2 aromatic rings. The summed E-state index contributed by atoms with van der Waals surface area (Å²) < 4.78 is 6.00. The molecule has 0 radical (unpaired) electrons. The maximum atomic E-state index is 12.9. The van der Waals surface area contributed by atoms with Crippen molar-refractivity contribution in [3.63, 3.8) is 0 Å². The van der Waals surface area contributed by atoms with Gasteiger partial charge >= 0.3 is 0 Å². The lowest BCUT2D eigenvalue weighted by Crippen LogP contribution is -2.42. The van der Waals surface area contributed by atoms with Crippen LogP contribution in [-0.4, -0.2) is 44.1 Å². The van der Waals surface area contributed by atoms with Crippen LogP contribution in [0.2, 0.25) is 5.02 Å². The summed E-state index contributed by atoms with van der Waals surface area (Å²) in [6.45, 7) is 1.38. The molecule has 1 fully saturated rings. The van der Waals surface area contributed by atoms with Gasteiger partial charge in [0.1, 0.15) is 11.9 Å². The van der Waals surface area contributed by atoms with Crippen molar-refractivity contribution in [1.29, 1.82) is 0 Å². The zero-order chi connectivity index (χ0) is 17.8. The Bertz CT molecular complexity index is 740. The molecule has 2 aromatic carbocycles. The zero-order valence-electron chi connectivity index (χ0n) is 14.6. The molecule has 0 N–H and O–H groups in total. The lowest BCUT2D eigenvalue weighted by atomic mass is 10.0. The summed E-state index contributed by atoms with van der Waals surface area (Å²) in [5.74, 6) is 0.799. The number of carbonyl (C=O) groups excluding carboxylic acids is 1. The smallest absolute Gasteiger partial charge is 0.255 e. The molecular weight excluding hydrogens is 336 g/mol. The van der Waals surface area contributed by atoms with Gasteiger partial charge in [-0.2, -0.15) is 0 Å². The van der Waals surface area contributed by atoms with Crippen molar-refractivity contribution in [3.05, 3.63) is 59.1 Å². The molecule has 0 saturated carbocycles. The zero-order valence-corrected chi connectivity index (χ0v) is 15.4. The number of ether oxygens (including phenoxy) is 1. The Morgan fingerprint density at radius 3 is 2.40 bits per heavy atom. The third kappa shape index (κ3) is 4.07. The maximum Gasteiger partial charge on any atom is 0.255 e. The number of likely N-dealkylation sites (tertiary alicyclic amines) is 1. The van der Waals surface area contributed by atoms with Crippen molar-refractivity contribution in [1.82, 2.24) is 4.90 Å². The molecule has 0 aliphatic carbocycles. The third-order valence-corrected chi connectivity index (χ3v) is 4.79. The van der Waals surface area contributed by atoms with Gasteiger partial charge in [0, 0.05) is 45.7 Å². The molecule has 4 nitrogen and oxygen atoms in total. The Labute approximate surface area is 154 Å². The summed E-state index contributed by atoms with van der Waals surface area (Å²) in [4.78, 5) is 16.8. The Morgan fingerprint density at radius 2 is 1.72 bits per heavy atom. The van der Waals surface area contributed by atoms with E-state index in [1.807, 2.05) is 72.4 Å². The third-order valence-electron chi connectivity index (χ3n) is 4.48. The monoisotopic (exact) mass is 358 g/mol. The molecule has 1 saturated heterocycles. The lowest BCUT2D eigenvalue weighted by molar-refractivity contribution is 0.0596. The van der Waals surface area contributed by atoms with Crippen LogP contribution in [0.5, 0.6) is 5.75 Å². The topological polar surface area (TPSA) is 32.8 Å². The standard InChI is InChI=1S/C20H23ClN2O2/c1-22(2)18-9-5-3-7-16(18)20(24)23-13-11-15(12-14-23)25-19-10-6-4-8-17(19)21/h3-10,15H,11-14H2,1-2H3. The Balaban J connectivity index is 1.63. The van der Waals surface area contributed by atoms with Crippen molar-refractivity contribution in [3.8, 4) is 5.75 Å². The minimum atomic E-state index is 0.0838. The van der Waals surface area contributed by atoms with E-state index in [9.17, 15) is 4.79 Å². The average molecular weight is 359 g/mol. The molecule has 1 aliphatic rings. The molecule has 0 atom stereocenters. The molecule has 3 rings (SSSR count). The first kappa shape index (κ1) is 17.6. The van der Waals surface area contributed by atoms with E-state index < -0.39 is 0 Å². The number of hydrogen-bond donors (Lipinski definition) is 0. The fourth-order valence-electron chi connectivity index (χ4n) is 3.11. The summed E-state index contributed by atoms with van der Waals surface area (Å²) in [6.07, 6.45) is 1.70. The van der Waals surface area contributed by atoms with Crippen molar-refractivity contribution >= 4 is 23.2 Å². The van der Waals surface area contributed by atoms with E-state index in [4.69, 9.17) is 16.3 Å². The molecule has 1 amide bonds. The molecule has 1 heterocycles. The number of piperidine rings is 1. The highest BCUT2D eigenvalue weighted by atomic mass is 35.5. The minimum Gasteiger partial charge on any atom is -0.489 e. The van der Waals surface area contributed by atoms with Crippen LogP contribution in [0, 0.1) is 0 Å². The van der Waals surface area contributed by atoms with Crippen molar-refractivity contribution in [2.24, 2.45) is 0 Å². The SMILES string of the molecule is CN(C)c1ccccc1C(=O)N1CCC(Oc2ccccc2Cl)CC1. The Kier molecular flexibility index (Phi) is 5.49. The highest BCUT2D eigenvalue weighted by Crippen LogP contribution is 2.27. The second-order valence-electron chi connectivity index (χ2n) is 6.45. The number of amides is 1. The van der Waals surface area contributed by atoms with E-state index in [1.165, 1.54) is 0 Å². The number of benzene rings is 2. The van der Waals surface area contributed by atoms with E-state index in [1.54, 1.807) is 0 Å². The van der Waals surface area contributed by atoms with Gasteiger partial charge in [0.2, 0.25) is 0 Å². The number of carbonyl (C=O) groups is 1. The van der Waals surface area contributed by atoms with Crippen LogP contribution in [0.3, 0.4) is 0 Å². The van der Waals surface area contributed by atoms with Gasteiger partial charge in [0.05, 0.1) is 10.6 Å². The largest absolute Gasteiger partial charge is 0.489 e. The van der Waals surface area contributed by atoms with Gasteiger partial charge in [-0.05, 0) is 24.3 Å². The van der Waals surface area contributed by atoms with Crippen molar-refractivity contribution in [2.75, 3.05) is 32.1 Å². The molecule has 0 spiro atoms. The first-order chi connectivity index (χ1) is 12.1. The van der Waals surface area contributed by atoms with E-state index in [0.717, 1.165) is 24.1 Å². The van der Waals surface area contributed by atoms with Gasteiger partial charge in [0.25, 0.3) is 5.91 Å². The summed E-state index contributed by atoms with van der Waals surface area (Å²) in [5.41, 5.74) is 1.69. The van der Waals surface area contributed by atoms with E-state index >= 15 is 0 Å². The normalized spacial score (nSPS) is 15.1. The number of nitrogens with zero attached hydrogens (tertiary/aromatic N) is 2. The number of halogens is 1. The Hall–Kier alpha value is -2.20. The van der Waals surface area contributed by atoms with Gasteiger partial charge < -0.3 is 14.5 Å². The van der Waals surface area contributed by atoms with Crippen LogP contribution in [-0.2, 0) is 0 Å². The van der Waals surface area contributed by atoms with E-state index in [-0.39, 0.29) is 12.0 Å². The second kappa shape index (κ2) is 7.79. The molecular formula is C20H23ClN2O2. The van der Waals surface area contributed by atoms with Gasteiger partial charge in [-0.15, -0.1) is 0 Å². The number of anilines is 1. The number of rotatable bonds is 4. The summed E-state index contributed by atoms with van der Waals surface area (Å²) in [5, 5.41) is 0.626. The molecule has 132 valence electrons. The van der Waals surface area contributed by atoms with Crippen molar-refractivity contribution in [2.45, 2.75) is 18.9 Å². The molecule has 0 unspecified atom stereocenters. The van der Waals surface area contributed by atoms with Crippen LogP contribution >= 0.6 is 11.6 Å². The maximum absolute atomic E-state index is 12.9. The quantitative estimate of drug-likeness (QED) is 0.825. The predicted molar refractivity (Wildman–Crippen MR) is 102 cm³/mol.